The summed E-state index contributed by atoms with van der Waals surface area (Å²) in [5, 5.41) is 2.90. The van der Waals surface area contributed by atoms with Crippen molar-refractivity contribution in [3.8, 4) is 0 Å². The lowest BCUT2D eigenvalue weighted by atomic mass is 9.79. The number of hydrogen-bond donors (Lipinski definition) is 1. The summed E-state index contributed by atoms with van der Waals surface area (Å²) in [5.74, 6) is 0.453. The number of likely N-dealkylation sites (tertiary alicyclic amines) is 1. The Labute approximate surface area is 230 Å². The normalized spacial score (nSPS) is 20.4. The van der Waals surface area contributed by atoms with Gasteiger partial charge in [0.25, 0.3) is 5.91 Å². The standard InChI is InChI=1S/C29H37N5O4S/c1-22(38-28(2,3)4)33-15-5-12-29(20-33)13-16-34(21-29)39(36,37)25-9-6-23(7-10-25)18-31-27(35)24-8-11-26-30-14-17-32(26)19-24/h6-11,14,17,19H,1,5,12-13,15-16,18,20-21H2,2-4H3,(H,31,35). The van der Waals surface area contributed by atoms with E-state index in [0.29, 0.717) is 31.1 Å². The van der Waals surface area contributed by atoms with E-state index in [0.717, 1.165) is 43.6 Å². The van der Waals surface area contributed by atoms with Gasteiger partial charge in [-0.2, -0.15) is 4.31 Å². The number of carbonyl (C=O) groups excluding carboxylic acids is 1. The number of hydrogen-bond acceptors (Lipinski definition) is 6. The molecule has 2 aliphatic rings. The van der Waals surface area contributed by atoms with E-state index in [-0.39, 0.29) is 21.8 Å². The zero-order valence-corrected chi connectivity index (χ0v) is 23.7. The van der Waals surface area contributed by atoms with Crippen LogP contribution < -0.4 is 5.32 Å². The number of benzene rings is 1. The van der Waals surface area contributed by atoms with Crippen molar-refractivity contribution in [3.63, 3.8) is 0 Å². The van der Waals surface area contributed by atoms with Gasteiger partial charge in [-0.15, -0.1) is 0 Å². The smallest absolute Gasteiger partial charge is 0.253 e. The summed E-state index contributed by atoms with van der Waals surface area (Å²) in [4.78, 5) is 19.2. The molecule has 2 aromatic heterocycles. The van der Waals surface area contributed by atoms with Gasteiger partial charge in [0, 0.05) is 56.7 Å². The van der Waals surface area contributed by atoms with Gasteiger partial charge in [-0.3, -0.25) is 4.79 Å². The van der Waals surface area contributed by atoms with Gasteiger partial charge >= 0.3 is 0 Å². The maximum Gasteiger partial charge on any atom is 0.253 e. The third kappa shape index (κ3) is 5.96. The van der Waals surface area contributed by atoms with E-state index in [2.05, 4.69) is 21.8 Å². The van der Waals surface area contributed by atoms with E-state index in [1.165, 1.54) is 0 Å². The molecule has 1 aromatic carbocycles. The molecule has 0 radical (unpaired) electrons. The number of carbonyl (C=O) groups is 1. The molecule has 2 aliphatic heterocycles. The predicted molar refractivity (Wildman–Crippen MR) is 149 cm³/mol. The first-order chi connectivity index (χ1) is 18.4. The van der Waals surface area contributed by atoms with Crippen molar-refractivity contribution in [2.24, 2.45) is 5.41 Å². The molecular weight excluding hydrogens is 514 g/mol. The molecule has 1 unspecified atom stereocenters. The van der Waals surface area contributed by atoms with E-state index in [4.69, 9.17) is 4.74 Å². The molecule has 10 heteroatoms. The highest BCUT2D eigenvalue weighted by atomic mass is 32.2. The Kier molecular flexibility index (Phi) is 7.19. The number of piperidine rings is 1. The number of imidazole rings is 1. The summed E-state index contributed by atoms with van der Waals surface area (Å²) in [7, 11) is -3.62. The van der Waals surface area contributed by atoms with Crippen LogP contribution in [0.5, 0.6) is 0 Å². The molecular formula is C29H37N5O4S. The number of nitrogens with zero attached hydrogens (tertiary/aromatic N) is 4. The third-order valence-electron chi connectivity index (χ3n) is 7.51. The Morgan fingerprint density at radius 1 is 1.10 bits per heavy atom. The van der Waals surface area contributed by atoms with Crippen molar-refractivity contribution in [1.82, 2.24) is 23.9 Å². The monoisotopic (exact) mass is 551 g/mol. The lowest BCUT2D eigenvalue weighted by Gasteiger charge is -2.42. The van der Waals surface area contributed by atoms with Gasteiger partial charge in [-0.25, -0.2) is 13.4 Å². The maximum absolute atomic E-state index is 13.5. The fourth-order valence-corrected chi connectivity index (χ4v) is 7.09. The summed E-state index contributed by atoms with van der Waals surface area (Å²) in [5.41, 5.74) is 1.70. The fraction of sp³-hybridized carbons (Fsp3) is 0.448. The Morgan fingerprint density at radius 3 is 2.62 bits per heavy atom. The zero-order chi connectivity index (χ0) is 27.8. The number of aromatic nitrogens is 2. The van der Waals surface area contributed by atoms with Crippen molar-refractivity contribution >= 4 is 21.6 Å². The van der Waals surface area contributed by atoms with Crippen molar-refractivity contribution in [1.29, 1.82) is 0 Å². The first-order valence-electron chi connectivity index (χ1n) is 13.4. The number of amides is 1. The molecule has 39 heavy (non-hydrogen) atoms. The van der Waals surface area contributed by atoms with Crippen LogP contribution in [0.4, 0.5) is 0 Å². The zero-order valence-electron chi connectivity index (χ0n) is 22.9. The number of rotatable bonds is 7. The summed E-state index contributed by atoms with van der Waals surface area (Å²) in [6, 6.07) is 10.3. The quantitative estimate of drug-likeness (QED) is 0.446. The number of ether oxygens (including phenoxy) is 1. The molecule has 0 bridgehead atoms. The highest BCUT2D eigenvalue weighted by Crippen LogP contribution is 2.42. The summed E-state index contributed by atoms with van der Waals surface area (Å²) >= 11 is 0. The average Bonchev–Trinajstić information content (AvgIpc) is 3.54. The maximum atomic E-state index is 13.5. The van der Waals surface area contributed by atoms with Gasteiger partial charge < -0.3 is 19.4 Å². The van der Waals surface area contributed by atoms with E-state index in [1.807, 2.05) is 20.8 Å². The Morgan fingerprint density at radius 2 is 1.87 bits per heavy atom. The summed E-state index contributed by atoms with van der Waals surface area (Å²) < 4.78 is 36.4. The molecule has 208 valence electrons. The molecule has 1 N–H and O–H groups in total. The van der Waals surface area contributed by atoms with Crippen LogP contribution in [-0.2, 0) is 21.3 Å². The van der Waals surface area contributed by atoms with E-state index in [1.54, 1.807) is 63.7 Å². The number of pyridine rings is 1. The van der Waals surface area contributed by atoms with Crippen molar-refractivity contribution in [2.45, 2.75) is 57.1 Å². The second-order valence-corrected chi connectivity index (χ2v) is 13.6. The molecule has 0 aliphatic carbocycles. The minimum atomic E-state index is -3.62. The average molecular weight is 552 g/mol. The minimum absolute atomic E-state index is 0.0978. The predicted octanol–water partition coefficient (Wildman–Crippen LogP) is 4.03. The van der Waals surface area contributed by atoms with Crippen LogP contribution in [0.15, 0.2) is 72.3 Å². The van der Waals surface area contributed by atoms with Gasteiger partial charge in [-0.1, -0.05) is 12.1 Å². The van der Waals surface area contributed by atoms with Crippen LogP contribution in [0, 0.1) is 5.41 Å². The second kappa shape index (κ2) is 10.3. The van der Waals surface area contributed by atoms with Gasteiger partial charge in [-0.05, 0) is 76.4 Å². The van der Waals surface area contributed by atoms with E-state index >= 15 is 0 Å². The van der Waals surface area contributed by atoms with Gasteiger partial charge in [0.05, 0.1) is 10.5 Å². The highest BCUT2D eigenvalue weighted by Gasteiger charge is 2.45. The lowest BCUT2D eigenvalue weighted by Crippen LogP contribution is -2.45. The first-order valence-corrected chi connectivity index (χ1v) is 14.8. The highest BCUT2D eigenvalue weighted by molar-refractivity contribution is 7.89. The number of sulfonamides is 1. The van der Waals surface area contributed by atoms with Crippen molar-refractivity contribution < 1.29 is 17.9 Å². The fourth-order valence-electron chi connectivity index (χ4n) is 5.54. The van der Waals surface area contributed by atoms with Crippen LogP contribution in [0.25, 0.3) is 5.65 Å². The molecule has 3 aromatic rings. The topological polar surface area (TPSA) is 96.2 Å². The van der Waals surface area contributed by atoms with Gasteiger partial charge in [0.1, 0.15) is 11.2 Å². The summed E-state index contributed by atoms with van der Waals surface area (Å²) in [6.45, 7) is 13.1. The number of nitrogens with one attached hydrogen (secondary N) is 1. The van der Waals surface area contributed by atoms with Gasteiger partial charge in [0.2, 0.25) is 10.0 Å². The van der Waals surface area contributed by atoms with Crippen LogP contribution in [0.3, 0.4) is 0 Å². The van der Waals surface area contributed by atoms with Crippen LogP contribution >= 0.6 is 0 Å². The molecule has 4 heterocycles. The first kappa shape index (κ1) is 27.2. The Bertz CT molecular complexity index is 1480. The van der Waals surface area contributed by atoms with Crippen LogP contribution in [-0.4, -0.2) is 64.7 Å². The molecule has 5 rings (SSSR count). The Hall–Kier alpha value is -3.37. The van der Waals surface area contributed by atoms with Crippen molar-refractivity contribution in [3.05, 3.63) is 78.6 Å². The molecule has 2 saturated heterocycles. The molecule has 9 nitrogen and oxygen atoms in total. The number of fused-ring (bicyclic) bond motifs is 1. The largest absolute Gasteiger partial charge is 0.474 e. The Balaban J connectivity index is 1.19. The van der Waals surface area contributed by atoms with Crippen molar-refractivity contribution in [2.75, 3.05) is 26.2 Å². The van der Waals surface area contributed by atoms with Crippen LogP contribution in [0.1, 0.15) is 56.0 Å². The molecule has 2 fully saturated rings. The van der Waals surface area contributed by atoms with E-state index in [9.17, 15) is 13.2 Å². The molecule has 1 atom stereocenters. The van der Waals surface area contributed by atoms with E-state index < -0.39 is 10.0 Å². The molecule has 1 amide bonds. The molecule has 0 saturated carbocycles. The van der Waals surface area contributed by atoms with Gasteiger partial charge in [0.15, 0.2) is 5.88 Å². The molecule has 1 spiro atoms. The third-order valence-corrected chi connectivity index (χ3v) is 9.37. The second-order valence-electron chi connectivity index (χ2n) is 11.7. The minimum Gasteiger partial charge on any atom is -0.474 e. The van der Waals surface area contributed by atoms with Crippen LogP contribution in [0.2, 0.25) is 0 Å². The summed E-state index contributed by atoms with van der Waals surface area (Å²) in [6.07, 6.45) is 7.99. The lowest BCUT2D eigenvalue weighted by molar-refractivity contribution is -0.0193. The SMILES string of the molecule is C=C(OC(C)(C)C)N1CCCC2(CCN(S(=O)(=O)c3ccc(CNC(=O)c4ccc5nccn5c4)cc3)C2)C1.